The molecule has 0 radical (unpaired) electrons. The Morgan fingerprint density at radius 1 is 1.31 bits per heavy atom. The van der Waals surface area contributed by atoms with Gasteiger partial charge in [0, 0.05) is 13.1 Å². The number of aliphatic hydroxyl groups is 1. The molecule has 7 nitrogen and oxygen atoms in total. The molecule has 0 heterocycles. The van der Waals surface area contributed by atoms with E-state index in [1.54, 1.807) is 0 Å². The summed E-state index contributed by atoms with van der Waals surface area (Å²) in [5.41, 5.74) is 0. The number of rotatable bonds is 9. The highest BCUT2D eigenvalue weighted by atomic mass is 32.2. The average Bonchev–Trinajstić information content (AvgIpc) is 2.14. The van der Waals surface area contributed by atoms with Gasteiger partial charge >= 0.3 is 5.97 Å². The van der Waals surface area contributed by atoms with E-state index in [-0.39, 0.29) is 39.3 Å². The zero-order valence-electron chi connectivity index (χ0n) is 9.13. The smallest absolute Gasteiger partial charge is 0.304 e. The maximum absolute atomic E-state index is 11.2. The third-order valence-electron chi connectivity index (χ3n) is 1.76. The van der Waals surface area contributed by atoms with Gasteiger partial charge in [0.1, 0.15) is 0 Å². The van der Waals surface area contributed by atoms with Crippen LogP contribution in [0.5, 0.6) is 0 Å². The van der Waals surface area contributed by atoms with Crippen LogP contribution in [0.1, 0.15) is 6.42 Å². The lowest BCUT2D eigenvalue weighted by molar-refractivity contribution is -0.137. The van der Waals surface area contributed by atoms with E-state index in [1.807, 2.05) is 0 Å². The number of aliphatic hydroxyl groups excluding tert-OH is 1. The van der Waals surface area contributed by atoms with Gasteiger partial charge in [-0.15, -0.1) is 0 Å². The van der Waals surface area contributed by atoms with E-state index in [9.17, 15) is 13.2 Å². The van der Waals surface area contributed by atoms with E-state index in [2.05, 4.69) is 0 Å². The van der Waals surface area contributed by atoms with E-state index < -0.39 is 16.0 Å². The van der Waals surface area contributed by atoms with Crippen molar-refractivity contribution in [2.75, 3.05) is 39.2 Å². The summed E-state index contributed by atoms with van der Waals surface area (Å²) in [5, 5.41) is 16.9. The Bertz CT molecular complexity index is 302. The lowest BCUT2D eigenvalue weighted by atomic mass is 10.4. The maximum atomic E-state index is 11.2. The van der Waals surface area contributed by atoms with Crippen molar-refractivity contribution in [3.63, 3.8) is 0 Å². The van der Waals surface area contributed by atoms with Crippen molar-refractivity contribution in [1.82, 2.24) is 4.31 Å². The van der Waals surface area contributed by atoms with Gasteiger partial charge < -0.3 is 14.9 Å². The summed E-state index contributed by atoms with van der Waals surface area (Å²) in [5.74, 6) is -1.05. The minimum atomic E-state index is -3.42. The first-order chi connectivity index (χ1) is 7.38. The highest BCUT2D eigenvalue weighted by molar-refractivity contribution is 7.88. The SMILES string of the molecule is CS(=O)(=O)N(CCOCCO)CCC(=O)O. The molecule has 2 N–H and O–H groups in total. The molecule has 0 fully saturated rings. The van der Waals surface area contributed by atoms with Gasteiger partial charge in [0.2, 0.25) is 10.0 Å². The predicted octanol–water partition coefficient (Wildman–Crippen LogP) is -1.27. The average molecular weight is 255 g/mol. The van der Waals surface area contributed by atoms with Gasteiger partial charge in [0.05, 0.1) is 32.5 Å². The molecule has 0 saturated carbocycles. The number of carboxylic acid groups (broad SMARTS) is 1. The number of carboxylic acids is 1. The van der Waals surface area contributed by atoms with Crippen LogP contribution >= 0.6 is 0 Å². The number of hydrogen-bond donors (Lipinski definition) is 2. The lowest BCUT2D eigenvalue weighted by Crippen LogP contribution is -2.35. The second-order valence-electron chi connectivity index (χ2n) is 3.14. The number of carbonyl (C=O) groups is 1. The first-order valence-corrected chi connectivity index (χ1v) is 6.58. The van der Waals surface area contributed by atoms with Crippen molar-refractivity contribution in [2.45, 2.75) is 6.42 Å². The second-order valence-corrected chi connectivity index (χ2v) is 5.12. The summed E-state index contributed by atoms with van der Waals surface area (Å²) in [6.45, 7) is 0.153. The largest absolute Gasteiger partial charge is 0.481 e. The first-order valence-electron chi connectivity index (χ1n) is 4.73. The molecule has 0 aliphatic heterocycles. The summed E-state index contributed by atoms with van der Waals surface area (Å²) < 4.78 is 28.4. The molecule has 0 aromatic rings. The van der Waals surface area contributed by atoms with Crippen LogP contribution in [-0.2, 0) is 19.6 Å². The summed E-state index contributed by atoms with van der Waals surface area (Å²) in [4.78, 5) is 10.3. The number of hydrogen-bond acceptors (Lipinski definition) is 5. The van der Waals surface area contributed by atoms with Crippen molar-refractivity contribution in [3.05, 3.63) is 0 Å². The van der Waals surface area contributed by atoms with Gasteiger partial charge in [-0.05, 0) is 0 Å². The molecule has 0 aliphatic carbocycles. The zero-order chi connectivity index (χ0) is 12.6. The summed E-state index contributed by atoms with van der Waals surface area (Å²) in [7, 11) is -3.42. The molecular weight excluding hydrogens is 238 g/mol. The highest BCUT2D eigenvalue weighted by Gasteiger charge is 2.17. The van der Waals surface area contributed by atoms with E-state index in [0.29, 0.717) is 0 Å². The number of nitrogens with zero attached hydrogens (tertiary/aromatic N) is 1. The van der Waals surface area contributed by atoms with Gasteiger partial charge in [-0.1, -0.05) is 0 Å². The third kappa shape index (κ3) is 7.57. The van der Waals surface area contributed by atoms with Crippen molar-refractivity contribution < 1.29 is 28.2 Å². The monoisotopic (exact) mass is 255 g/mol. The first kappa shape index (κ1) is 15.3. The topological polar surface area (TPSA) is 104 Å². The van der Waals surface area contributed by atoms with Crippen LogP contribution in [0.2, 0.25) is 0 Å². The molecule has 0 aliphatic rings. The summed E-state index contributed by atoms with van der Waals surface area (Å²) >= 11 is 0. The van der Waals surface area contributed by atoms with Crippen molar-refractivity contribution >= 4 is 16.0 Å². The van der Waals surface area contributed by atoms with Gasteiger partial charge in [0.15, 0.2) is 0 Å². The van der Waals surface area contributed by atoms with Gasteiger partial charge in [0.25, 0.3) is 0 Å². The number of ether oxygens (including phenoxy) is 1. The van der Waals surface area contributed by atoms with E-state index in [1.165, 1.54) is 0 Å². The quantitative estimate of drug-likeness (QED) is 0.498. The summed E-state index contributed by atoms with van der Waals surface area (Å²) in [6, 6.07) is 0. The molecular formula is C8H17NO6S. The molecule has 0 spiro atoms. The van der Waals surface area contributed by atoms with Gasteiger partial charge in [-0.25, -0.2) is 8.42 Å². The van der Waals surface area contributed by atoms with Crippen LogP contribution in [0, 0.1) is 0 Å². The number of aliphatic carboxylic acids is 1. The molecule has 0 amide bonds. The van der Waals surface area contributed by atoms with E-state index >= 15 is 0 Å². The molecule has 8 heteroatoms. The molecule has 0 unspecified atom stereocenters. The fourth-order valence-corrected chi connectivity index (χ4v) is 1.83. The fraction of sp³-hybridized carbons (Fsp3) is 0.875. The minimum Gasteiger partial charge on any atom is -0.481 e. The molecule has 0 atom stereocenters. The van der Waals surface area contributed by atoms with E-state index in [4.69, 9.17) is 14.9 Å². The normalized spacial score (nSPS) is 11.9. The van der Waals surface area contributed by atoms with Crippen molar-refractivity contribution in [1.29, 1.82) is 0 Å². The fourth-order valence-electron chi connectivity index (χ4n) is 0.997. The number of sulfonamides is 1. The van der Waals surface area contributed by atoms with Gasteiger partial charge in [-0.3, -0.25) is 4.79 Å². The van der Waals surface area contributed by atoms with Crippen LogP contribution in [0.4, 0.5) is 0 Å². The molecule has 0 saturated heterocycles. The zero-order valence-corrected chi connectivity index (χ0v) is 9.94. The van der Waals surface area contributed by atoms with Crippen molar-refractivity contribution in [2.24, 2.45) is 0 Å². The Labute approximate surface area is 94.7 Å². The maximum Gasteiger partial charge on any atom is 0.304 e. The molecule has 0 aromatic heterocycles. The second kappa shape index (κ2) is 7.55. The van der Waals surface area contributed by atoms with Crippen LogP contribution < -0.4 is 0 Å². The molecule has 0 bridgehead atoms. The molecule has 16 heavy (non-hydrogen) atoms. The standard InChI is InChI=1S/C8H17NO6S/c1-16(13,14)9(3-2-8(11)12)4-6-15-7-5-10/h10H,2-7H2,1H3,(H,11,12). The Balaban J connectivity index is 4.07. The Morgan fingerprint density at radius 3 is 2.38 bits per heavy atom. The van der Waals surface area contributed by atoms with Gasteiger partial charge in [-0.2, -0.15) is 4.31 Å². The van der Waals surface area contributed by atoms with Crippen molar-refractivity contribution in [3.8, 4) is 0 Å². The minimum absolute atomic E-state index is 0.0728. The van der Waals surface area contributed by atoms with Crippen LogP contribution in [0.3, 0.4) is 0 Å². The summed E-state index contributed by atoms with van der Waals surface area (Å²) in [6.07, 6.45) is 0.772. The van der Waals surface area contributed by atoms with Crippen LogP contribution in [0.25, 0.3) is 0 Å². The van der Waals surface area contributed by atoms with E-state index in [0.717, 1.165) is 10.6 Å². The predicted molar refractivity (Wildman–Crippen MR) is 56.6 cm³/mol. The highest BCUT2D eigenvalue weighted by Crippen LogP contribution is 1.99. The third-order valence-corrected chi connectivity index (χ3v) is 3.07. The Kier molecular flexibility index (Phi) is 7.22. The Hall–Kier alpha value is -0.700. The lowest BCUT2D eigenvalue weighted by Gasteiger charge is -2.18. The van der Waals surface area contributed by atoms with Crippen LogP contribution in [-0.4, -0.2) is 68.1 Å². The van der Waals surface area contributed by atoms with Crippen LogP contribution in [0.15, 0.2) is 0 Å². The molecule has 96 valence electrons. The molecule has 0 aromatic carbocycles. The Morgan fingerprint density at radius 2 is 1.94 bits per heavy atom. The molecule has 0 rings (SSSR count).